The van der Waals surface area contributed by atoms with Gasteiger partial charge in [-0.25, -0.2) is 0 Å². The number of aryl methyl sites for hydroxylation is 4. The van der Waals surface area contributed by atoms with Crippen LogP contribution in [-0.4, -0.2) is 10.2 Å². The lowest BCUT2D eigenvalue weighted by Gasteiger charge is -2.24. The predicted octanol–water partition coefficient (Wildman–Crippen LogP) is 5.24. The highest BCUT2D eigenvalue weighted by atomic mass is 31.1. The van der Waals surface area contributed by atoms with Gasteiger partial charge in [0.2, 0.25) is 0 Å². The summed E-state index contributed by atoms with van der Waals surface area (Å²) in [4.78, 5) is 0. The van der Waals surface area contributed by atoms with Crippen LogP contribution in [-0.2, 0) is 0 Å². The third-order valence-corrected chi connectivity index (χ3v) is 7.76. The van der Waals surface area contributed by atoms with Crippen LogP contribution in [0.15, 0.2) is 66.7 Å². The summed E-state index contributed by atoms with van der Waals surface area (Å²) in [5, 5.41) is 27.2. The van der Waals surface area contributed by atoms with Gasteiger partial charge in [0.05, 0.1) is 0 Å². The molecule has 0 radical (unpaired) electrons. The van der Waals surface area contributed by atoms with Crippen molar-refractivity contribution >= 4 is 34.6 Å². The highest BCUT2D eigenvalue weighted by molar-refractivity contribution is 7.80. The Morgan fingerprint density at radius 3 is 1.66 bits per heavy atom. The fourth-order valence-corrected chi connectivity index (χ4v) is 6.69. The van der Waals surface area contributed by atoms with Crippen molar-refractivity contribution in [1.29, 1.82) is 0 Å². The number of aromatic hydroxyl groups is 2. The molecule has 2 nitrogen and oxygen atoms in total. The van der Waals surface area contributed by atoms with Crippen LogP contribution in [0.1, 0.15) is 22.3 Å². The number of phenols is 2. The molecule has 3 heteroatoms. The van der Waals surface area contributed by atoms with Crippen molar-refractivity contribution in [3.8, 4) is 11.5 Å². The third kappa shape index (κ3) is 3.61. The maximum absolute atomic E-state index is 11.0. The van der Waals surface area contributed by atoms with Gasteiger partial charge in [-0.3, -0.25) is 0 Å². The Labute approximate surface area is 173 Å². The van der Waals surface area contributed by atoms with Gasteiger partial charge in [0.15, 0.2) is 0 Å². The standard InChI is InChI=1S/C26H25O2P/c1-16-11-18(3)25(27)23(13-16)29(24-14-17(2)12-19(4)26(24)28)22-10-9-20-7-5-6-8-21(20)15-22/h5-15,27-28H,1-4H3. The smallest absolute Gasteiger partial charge is 0.126 e. The molecular weight excluding hydrogens is 375 g/mol. The minimum Gasteiger partial charge on any atom is -0.507 e. The van der Waals surface area contributed by atoms with Crippen LogP contribution in [0.25, 0.3) is 10.8 Å². The lowest BCUT2D eigenvalue weighted by Crippen LogP contribution is -2.22. The summed E-state index contributed by atoms with van der Waals surface area (Å²) < 4.78 is 0. The summed E-state index contributed by atoms with van der Waals surface area (Å²) in [6.07, 6.45) is 0. The maximum atomic E-state index is 11.0. The summed E-state index contributed by atoms with van der Waals surface area (Å²) in [5.41, 5.74) is 3.93. The molecule has 0 unspecified atom stereocenters. The Morgan fingerprint density at radius 2 is 1.10 bits per heavy atom. The quantitative estimate of drug-likeness (QED) is 0.462. The molecule has 0 fully saturated rings. The molecule has 0 aliphatic rings. The van der Waals surface area contributed by atoms with Crippen LogP contribution in [0, 0.1) is 27.7 Å². The number of rotatable bonds is 3. The molecule has 0 bridgehead atoms. The molecule has 0 saturated heterocycles. The van der Waals surface area contributed by atoms with Gasteiger partial charge in [-0.05, 0) is 92.1 Å². The van der Waals surface area contributed by atoms with E-state index in [0.29, 0.717) is 11.5 Å². The van der Waals surface area contributed by atoms with Crippen LogP contribution in [0.2, 0.25) is 0 Å². The fraction of sp³-hybridized carbons (Fsp3) is 0.154. The van der Waals surface area contributed by atoms with Crippen LogP contribution < -0.4 is 15.9 Å². The molecule has 0 aliphatic carbocycles. The number of fused-ring (bicyclic) bond motifs is 1. The Kier molecular flexibility index (Phi) is 5.06. The maximum Gasteiger partial charge on any atom is 0.126 e. The second kappa shape index (κ2) is 7.54. The van der Waals surface area contributed by atoms with Crippen LogP contribution in [0.4, 0.5) is 0 Å². The molecule has 0 spiro atoms. The Balaban J connectivity index is 2.05. The van der Waals surface area contributed by atoms with Crippen molar-refractivity contribution in [3.63, 3.8) is 0 Å². The molecule has 0 amide bonds. The minimum atomic E-state index is -1.13. The molecule has 146 valence electrons. The van der Waals surface area contributed by atoms with E-state index in [1.54, 1.807) is 0 Å². The average molecular weight is 400 g/mol. The first-order valence-corrected chi connectivity index (χ1v) is 11.1. The first kappa shape index (κ1) is 19.5. The number of benzene rings is 4. The Hall–Kier alpha value is -2.83. The van der Waals surface area contributed by atoms with E-state index in [2.05, 4.69) is 42.5 Å². The average Bonchev–Trinajstić information content (AvgIpc) is 2.69. The lowest BCUT2D eigenvalue weighted by molar-refractivity contribution is 0.475. The van der Waals surface area contributed by atoms with Crippen molar-refractivity contribution < 1.29 is 10.2 Å². The van der Waals surface area contributed by atoms with Gasteiger partial charge in [0.25, 0.3) is 0 Å². The summed E-state index contributed by atoms with van der Waals surface area (Å²) in [6.45, 7) is 7.96. The van der Waals surface area contributed by atoms with Crippen molar-refractivity contribution in [1.82, 2.24) is 0 Å². The van der Waals surface area contributed by atoms with Crippen molar-refractivity contribution in [2.45, 2.75) is 27.7 Å². The largest absolute Gasteiger partial charge is 0.507 e. The minimum absolute atomic E-state index is 0.313. The fourth-order valence-electron chi connectivity index (χ4n) is 3.94. The van der Waals surface area contributed by atoms with E-state index in [1.807, 2.05) is 52.0 Å². The first-order chi connectivity index (χ1) is 13.8. The van der Waals surface area contributed by atoms with Crippen molar-refractivity contribution in [2.75, 3.05) is 0 Å². The zero-order chi connectivity index (χ0) is 20.7. The van der Waals surface area contributed by atoms with E-state index >= 15 is 0 Å². The van der Waals surface area contributed by atoms with E-state index in [4.69, 9.17) is 0 Å². The summed E-state index contributed by atoms with van der Waals surface area (Å²) in [7, 11) is -1.13. The van der Waals surface area contributed by atoms with Gasteiger partial charge in [0, 0.05) is 10.6 Å². The topological polar surface area (TPSA) is 40.5 Å². The zero-order valence-corrected chi connectivity index (χ0v) is 18.1. The Bertz CT molecular complexity index is 1170. The summed E-state index contributed by atoms with van der Waals surface area (Å²) in [6, 6.07) is 22.8. The molecule has 0 saturated carbocycles. The molecule has 29 heavy (non-hydrogen) atoms. The summed E-state index contributed by atoms with van der Waals surface area (Å²) in [5.74, 6) is 0.627. The van der Waals surface area contributed by atoms with Gasteiger partial charge in [-0.1, -0.05) is 48.5 Å². The third-order valence-electron chi connectivity index (χ3n) is 5.32. The Morgan fingerprint density at radius 1 is 0.586 bits per heavy atom. The molecule has 4 aromatic rings. The van der Waals surface area contributed by atoms with Gasteiger partial charge < -0.3 is 10.2 Å². The molecule has 0 aliphatic heterocycles. The molecule has 0 aromatic heterocycles. The second-order valence-electron chi connectivity index (χ2n) is 7.77. The van der Waals surface area contributed by atoms with E-state index in [0.717, 1.165) is 43.6 Å². The highest BCUT2D eigenvalue weighted by Gasteiger charge is 2.25. The van der Waals surface area contributed by atoms with Gasteiger partial charge in [0.1, 0.15) is 11.5 Å². The second-order valence-corrected chi connectivity index (χ2v) is 9.92. The van der Waals surface area contributed by atoms with E-state index in [1.165, 1.54) is 5.39 Å². The molecule has 4 rings (SSSR count). The van der Waals surface area contributed by atoms with Crippen LogP contribution >= 0.6 is 7.92 Å². The van der Waals surface area contributed by atoms with E-state index in [-0.39, 0.29) is 0 Å². The van der Waals surface area contributed by atoms with Crippen molar-refractivity contribution in [2.24, 2.45) is 0 Å². The molecule has 2 N–H and O–H groups in total. The van der Waals surface area contributed by atoms with Gasteiger partial charge in [-0.15, -0.1) is 0 Å². The number of hydrogen-bond acceptors (Lipinski definition) is 2. The molecule has 4 aromatic carbocycles. The first-order valence-electron chi connectivity index (χ1n) is 9.74. The normalized spacial score (nSPS) is 11.3. The van der Waals surface area contributed by atoms with Crippen molar-refractivity contribution in [3.05, 3.63) is 89.0 Å². The zero-order valence-electron chi connectivity index (χ0n) is 17.2. The summed E-state index contributed by atoms with van der Waals surface area (Å²) >= 11 is 0. The number of phenolic OH excluding ortho intramolecular Hbond substituents is 2. The molecular formula is C26H25O2P. The lowest BCUT2D eigenvalue weighted by atomic mass is 10.1. The van der Waals surface area contributed by atoms with E-state index < -0.39 is 7.92 Å². The SMILES string of the molecule is Cc1cc(C)c(O)c(P(c2ccc3ccccc3c2)c2cc(C)cc(C)c2O)c1. The molecule has 0 atom stereocenters. The molecule has 0 heterocycles. The number of hydrogen-bond donors (Lipinski definition) is 2. The van der Waals surface area contributed by atoms with Gasteiger partial charge in [-0.2, -0.15) is 0 Å². The highest BCUT2D eigenvalue weighted by Crippen LogP contribution is 2.42. The predicted molar refractivity (Wildman–Crippen MR) is 125 cm³/mol. The van der Waals surface area contributed by atoms with E-state index in [9.17, 15) is 10.2 Å². The van der Waals surface area contributed by atoms with Gasteiger partial charge >= 0.3 is 0 Å². The van der Waals surface area contributed by atoms with Crippen LogP contribution in [0.3, 0.4) is 0 Å². The monoisotopic (exact) mass is 400 g/mol. The van der Waals surface area contributed by atoms with Crippen LogP contribution in [0.5, 0.6) is 11.5 Å².